The zero-order valence-electron chi connectivity index (χ0n) is 10.6. The number of piperidine rings is 1. The minimum Gasteiger partial charge on any atom is -0.423 e. The van der Waals surface area contributed by atoms with Crippen molar-refractivity contribution in [1.82, 2.24) is 4.98 Å². The lowest BCUT2D eigenvalue weighted by Crippen LogP contribution is -2.39. The number of carbonyl (C=O) groups excluding carboxylic acids is 1. The summed E-state index contributed by atoms with van der Waals surface area (Å²) in [5.41, 5.74) is 6.53. The van der Waals surface area contributed by atoms with Gasteiger partial charge in [-0.15, -0.1) is 0 Å². The number of hydrogen-bond acceptors (Lipinski definition) is 4. The van der Waals surface area contributed by atoms with Gasteiger partial charge < -0.3 is 15.1 Å². The van der Waals surface area contributed by atoms with E-state index in [1.807, 2.05) is 0 Å². The molecule has 0 spiro atoms. The largest absolute Gasteiger partial charge is 0.423 e. The molecular formula is C13H13F2N3O2. The summed E-state index contributed by atoms with van der Waals surface area (Å²) >= 11 is 0. The zero-order valence-corrected chi connectivity index (χ0v) is 10.6. The molecule has 106 valence electrons. The Labute approximate surface area is 113 Å². The quantitative estimate of drug-likeness (QED) is 0.915. The first kappa shape index (κ1) is 12.8. The molecule has 5 nitrogen and oxygen atoms in total. The molecule has 0 saturated carbocycles. The molecule has 3 rings (SSSR count). The monoisotopic (exact) mass is 281 g/mol. The van der Waals surface area contributed by atoms with E-state index >= 15 is 0 Å². The minimum atomic E-state index is -2.61. The number of nitrogens with zero attached hydrogens (tertiary/aromatic N) is 2. The van der Waals surface area contributed by atoms with Gasteiger partial charge in [0, 0.05) is 31.5 Å². The maximum atomic E-state index is 13.1. The van der Waals surface area contributed by atoms with Crippen molar-refractivity contribution < 1.29 is 18.0 Å². The average molecular weight is 281 g/mol. The maximum Gasteiger partial charge on any atom is 0.298 e. The molecule has 1 aliphatic heterocycles. The van der Waals surface area contributed by atoms with Gasteiger partial charge in [-0.1, -0.05) is 0 Å². The molecule has 1 aliphatic rings. The number of aromatic nitrogens is 1. The van der Waals surface area contributed by atoms with Crippen molar-refractivity contribution in [3.05, 3.63) is 23.8 Å². The summed E-state index contributed by atoms with van der Waals surface area (Å²) in [6.45, 7) is 0.394. The summed E-state index contributed by atoms with van der Waals surface area (Å²) in [5, 5.41) is 0. The van der Waals surface area contributed by atoms with Crippen LogP contribution in [-0.4, -0.2) is 29.9 Å². The van der Waals surface area contributed by atoms with Crippen LogP contribution in [-0.2, 0) is 0 Å². The van der Waals surface area contributed by atoms with Gasteiger partial charge in [0.2, 0.25) is 5.91 Å². The number of nitrogens with two attached hydrogens (primary N) is 1. The fourth-order valence-electron chi connectivity index (χ4n) is 2.23. The van der Waals surface area contributed by atoms with E-state index in [1.165, 1.54) is 6.07 Å². The van der Waals surface area contributed by atoms with Crippen LogP contribution in [0.1, 0.15) is 23.2 Å². The van der Waals surface area contributed by atoms with Gasteiger partial charge in [-0.05, 0) is 18.2 Å². The Bertz CT molecular complexity index is 659. The van der Waals surface area contributed by atoms with Gasteiger partial charge in [-0.3, -0.25) is 4.79 Å². The molecular weight excluding hydrogens is 268 g/mol. The molecule has 0 bridgehead atoms. The molecule has 2 N–H and O–H groups in total. The number of rotatable bonds is 2. The molecule has 0 atom stereocenters. The second kappa shape index (κ2) is 4.43. The summed E-state index contributed by atoms with van der Waals surface area (Å²) in [7, 11) is 0. The van der Waals surface area contributed by atoms with Gasteiger partial charge in [0.15, 0.2) is 5.58 Å². The van der Waals surface area contributed by atoms with E-state index in [0.29, 0.717) is 22.7 Å². The summed E-state index contributed by atoms with van der Waals surface area (Å²) in [6.07, 6.45) is -0.420. The second-order valence-electron chi connectivity index (χ2n) is 4.89. The first-order valence-electron chi connectivity index (χ1n) is 6.28. The summed E-state index contributed by atoms with van der Waals surface area (Å²) in [5.74, 6) is -3.16. The predicted molar refractivity (Wildman–Crippen MR) is 68.9 cm³/mol. The summed E-state index contributed by atoms with van der Waals surface area (Å²) in [4.78, 5) is 17.0. The van der Waals surface area contributed by atoms with E-state index in [0.717, 1.165) is 0 Å². The highest BCUT2D eigenvalue weighted by Gasteiger charge is 2.35. The van der Waals surface area contributed by atoms with Gasteiger partial charge in [0.05, 0.1) is 0 Å². The highest BCUT2D eigenvalue weighted by Crippen LogP contribution is 2.31. The van der Waals surface area contributed by atoms with E-state index in [-0.39, 0.29) is 25.9 Å². The fourth-order valence-corrected chi connectivity index (χ4v) is 2.23. The molecule has 2 aromatic rings. The third kappa shape index (κ3) is 2.31. The number of oxazole rings is 1. The van der Waals surface area contributed by atoms with Crippen molar-refractivity contribution >= 4 is 23.0 Å². The van der Waals surface area contributed by atoms with Crippen LogP contribution in [0.3, 0.4) is 0 Å². The van der Waals surface area contributed by atoms with Crippen molar-refractivity contribution in [2.45, 2.75) is 18.8 Å². The molecule has 20 heavy (non-hydrogen) atoms. The van der Waals surface area contributed by atoms with Crippen molar-refractivity contribution in [2.24, 2.45) is 5.73 Å². The summed E-state index contributed by atoms with van der Waals surface area (Å²) in [6, 6.07) is 4.98. The number of anilines is 1. The standard InChI is InChI=1S/C13H13F2N3O2/c14-13(15)3-5-18(6-4-13)12-17-9-7-8(11(16)19)1-2-10(9)20-12/h1-2,7H,3-6H2,(H2,16,19). The third-order valence-electron chi connectivity index (χ3n) is 3.43. The lowest BCUT2D eigenvalue weighted by atomic mass is 10.1. The Morgan fingerprint density at radius 2 is 2.05 bits per heavy atom. The highest BCUT2D eigenvalue weighted by atomic mass is 19.3. The van der Waals surface area contributed by atoms with E-state index in [4.69, 9.17) is 10.2 Å². The topological polar surface area (TPSA) is 72.4 Å². The first-order valence-corrected chi connectivity index (χ1v) is 6.28. The van der Waals surface area contributed by atoms with Crippen LogP contribution in [0.2, 0.25) is 0 Å². The van der Waals surface area contributed by atoms with Crippen LogP contribution in [0, 0.1) is 0 Å². The van der Waals surface area contributed by atoms with Crippen LogP contribution in [0.25, 0.3) is 11.1 Å². The normalized spacial score (nSPS) is 18.4. The number of halogens is 2. The van der Waals surface area contributed by atoms with Crippen LogP contribution in [0.15, 0.2) is 22.6 Å². The molecule has 1 aromatic carbocycles. The molecule has 7 heteroatoms. The van der Waals surface area contributed by atoms with E-state index in [2.05, 4.69) is 4.98 Å². The second-order valence-corrected chi connectivity index (χ2v) is 4.89. The average Bonchev–Trinajstić information content (AvgIpc) is 2.81. The van der Waals surface area contributed by atoms with Crippen molar-refractivity contribution in [1.29, 1.82) is 0 Å². The van der Waals surface area contributed by atoms with Crippen molar-refractivity contribution in [2.75, 3.05) is 18.0 Å². The lowest BCUT2D eigenvalue weighted by molar-refractivity contribution is -0.0226. The van der Waals surface area contributed by atoms with Gasteiger partial charge in [-0.25, -0.2) is 8.78 Å². The predicted octanol–water partition coefficient (Wildman–Crippen LogP) is 2.16. The van der Waals surface area contributed by atoms with E-state index in [1.54, 1.807) is 17.0 Å². The number of benzene rings is 1. The SMILES string of the molecule is NC(=O)c1ccc2oc(N3CCC(F)(F)CC3)nc2c1. The summed E-state index contributed by atoms with van der Waals surface area (Å²) < 4.78 is 31.7. The number of carbonyl (C=O) groups is 1. The molecule has 1 amide bonds. The number of primary amides is 1. The molecule has 2 heterocycles. The molecule has 1 saturated heterocycles. The number of amides is 1. The molecule has 0 radical (unpaired) electrons. The Hall–Kier alpha value is -2.18. The number of fused-ring (bicyclic) bond motifs is 1. The molecule has 1 fully saturated rings. The highest BCUT2D eigenvalue weighted by molar-refractivity contribution is 5.96. The van der Waals surface area contributed by atoms with Crippen LogP contribution >= 0.6 is 0 Å². The third-order valence-corrected chi connectivity index (χ3v) is 3.43. The van der Waals surface area contributed by atoms with Crippen molar-refractivity contribution in [3.63, 3.8) is 0 Å². The zero-order chi connectivity index (χ0) is 14.3. The van der Waals surface area contributed by atoms with Gasteiger partial charge in [-0.2, -0.15) is 4.98 Å². The van der Waals surface area contributed by atoms with Crippen LogP contribution < -0.4 is 10.6 Å². The Morgan fingerprint density at radius 3 is 2.70 bits per heavy atom. The van der Waals surface area contributed by atoms with Crippen LogP contribution in [0.5, 0.6) is 0 Å². The molecule has 0 unspecified atom stereocenters. The number of hydrogen-bond donors (Lipinski definition) is 1. The van der Waals surface area contributed by atoms with Gasteiger partial charge in [0.1, 0.15) is 5.52 Å². The lowest BCUT2D eigenvalue weighted by Gasteiger charge is -2.30. The van der Waals surface area contributed by atoms with Crippen LogP contribution in [0.4, 0.5) is 14.8 Å². The van der Waals surface area contributed by atoms with E-state index in [9.17, 15) is 13.6 Å². The molecule has 0 aliphatic carbocycles. The van der Waals surface area contributed by atoms with Gasteiger partial charge >= 0.3 is 0 Å². The first-order chi connectivity index (χ1) is 9.44. The van der Waals surface area contributed by atoms with E-state index < -0.39 is 11.8 Å². The Morgan fingerprint density at radius 1 is 1.35 bits per heavy atom. The van der Waals surface area contributed by atoms with Crippen molar-refractivity contribution in [3.8, 4) is 0 Å². The molecule has 1 aromatic heterocycles. The van der Waals surface area contributed by atoms with Gasteiger partial charge in [0.25, 0.3) is 11.9 Å². The maximum absolute atomic E-state index is 13.1. The number of alkyl halides is 2. The smallest absolute Gasteiger partial charge is 0.298 e. The fraction of sp³-hybridized carbons (Fsp3) is 0.385. The Kier molecular flexibility index (Phi) is 2.84. The minimum absolute atomic E-state index is 0.197. The Balaban J connectivity index is 1.88.